The molecule has 4 nitrogen and oxygen atoms in total. The van der Waals surface area contributed by atoms with E-state index in [1.165, 1.54) is 0 Å². The quantitative estimate of drug-likeness (QED) is 0.238. The monoisotopic (exact) mass is 266 g/mol. The predicted molar refractivity (Wildman–Crippen MR) is 72.7 cm³/mol. The van der Waals surface area contributed by atoms with Gasteiger partial charge >= 0.3 is 5.97 Å². The summed E-state index contributed by atoms with van der Waals surface area (Å²) in [6.07, 6.45) is 1.17. The molecule has 0 unspecified atom stereocenters. The molecule has 0 aliphatic rings. The second kappa shape index (κ2) is 7.92. The van der Waals surface area contributed by atoms with Gasteiger partial charge < -0.3 is 4.74 Å². The molecule has 0 aliphatic heterocycles. The zero-order chi connectivity index (χ0) is 14.1. The fourth-order valence-electron chi connectivity index (χ4n) is 1.16. The van der Waals surface area contributed by atoms with E-state index in [1.54, 1.807) is 12.1 Å². The number of ether oxygens (including phenoxy) is 1. The molecule has 1 rings (SSSR count). The molecule has 0 aliphatic carbocycles. The maximum atomic E-state index is 11.5. The second-order valence-electron chi connectivity index (χ2n) is 5.14. The number of carbonyl (C=O) groups excluding carboxylic acids is 1. The smallest absolute Gasteiger partial charge is 0.313 e. The summed E-state index contributed by atoms with van der Waals surface area (Å²) in [6, 6.07) is 8.96. The van der Waals surface area contributed by atoms with E-state index in [4.69, 9.17) is 14.5 Å². The van der Waals surface area contributed by atoms with Crippen molar-refractivity contribution in [2.24, 2.45) is 5.41 Å². The van der Waals surface area contributed by atoms with Crippen LogP contribution in [-0.4, -0.2) is 19.2 Å². The minimum atomic E-state index is -0.329. The lowest BCUT2D eigenvalue weighted by Crippen LogP contribution is -2.19. The summed E-state index contributed by atoms with van der Waals surface area (Å²) in [7, 11) is 0. The van der Waals surface area contributed by atoms with Gasteiger partial charge in [0.25, 0.3) is 0 Å². The Kier molecular flexibility index (Phi) is 6.53. The summed E-state index contributed by atoms with van der Waals surface area (Å²) in [5, 5.41) is 0. The predicted octanol–water partition coefficient (Wildman–Crippen LogP) is 3.37. The maximum Gasteiger partial charge on any atom is 0.313 e. The van der Waals surface area contributed by atoms with Gasteiger partial charge in [0.05, 0.1) is 19.6 Å². The van der Waals surface area contributed by atoms with Crippen LogP contribution in [0.5, 0.6) is 5.75 Å². The van der Waals surface area contributed by atoms with E-state index in [2.05, 4.69) is 20.8 Å². The molecule has 19 heavy (non-hydrogen) atoms. The van der Waals surface area contributed by atoms with Gasteiger partial charge in [0, 0.05) is 0 Å². The number of rotatable bonds is 8. The molecule has 0 radical (unpaired) electrons. The molecule has 0 N–H and O–H groups in total. The van der Waals surface area contributed by atoms with E-state index in [1.807, 2.05) is 18.2 Å². The first-order valence-electron chi connectivity index (χ1n) is 6.53. The Hall–Kier alpha value is -1.39. The Balaban J connectivity index is 2.11. The van der Waals surface area contributed by atoms with Gasteiger partial charge in [0.15, 0.2) is 0 Å². The van der Waals surface area contributed by atoms with Crippen molar-refractivity contribution in [3.05, 3.63) is 30.3 Å². The van der Waals surface area contributed by atoms with Gasteiger partial charge in [-0.1, -0.05) is 39.0 Å². The zero-order valence-corrected chi connectivity index (χ0v) is 11.8. The van der Waals surface area contributed by atoms with Crippen LogP contribution in [0.15, 0.2) is 30.3 Å². The number of hydrogen-bond donors (Lipinski definition) is 0. The normalized spacial score (nSPS) is 11.3. The van der Waals surface area contributed by atoms with E-state index in [0.29, 0.717) is 12.4 Å². The standard InChI is InChI=1S/C15H22O4/c1-4-15(2,3)12-18-17-11-10-14(16)19-13-8-6-5-7-9-13/h5-9H,4,10-12H2,1-3H3. The third-order valence-electron chi connectivity index (χ3n) is 2.85. The van der Waals surface area contributed by atoms with Crippen LogP contribution in [0.25, 0.3) is 0 Å². The van der Waals surface area contributed by atoms with Crippen molar-refractivity contribution < 1.29 is 19.3 Å². The van der Waals surface area contributed by atoms with E-state index >= 15 is 0 Å². The Morgan fingerprint density at radius 3 is 2.47 bits per heavy atom. The Bertz CT molecular complexity index is 373. The fraction of sp³-hybridized carbons (Fsp3) is 0.533. The molecule has 0 saturated heterocycles. The topological polar surface area (TPSA) is 44.8 Å². The van der Waals surface area contributed by atoms with Crippen LogP contribution in [0.4, 0.5) is 0 Å². The molecule has 4 heteroatoms. The van der Waals surface area contributed by atoms with Crippen molar-refractivity contribution in [2.45, 2.75) is 33.6 Å². The molecule has 0 bridgehead atoms. The van der Waals surface area contributed by atoms with Gasteiger partial charge in [-0.2, -0.15) is 0 Å². The molecule has 0 amide bonds. The van der Waals surface area contributed by atoms with Crippen LogP contribution >= 0.6 is 0 Å². The van der Waals surface area contributed by atoms with Gasteiger partial charge in [-0.05, 0) is 24.0 Å². The van der Waals surface area contributed by atoms with Gasteiger partial charge in [0.2, 0.25) is 0 Å². The molecule has 0 aromatic heterocycles. The van der Waals surface area contributed by atoms with Crippen LogP contribution < -0.4 is 4.74 Å². The summed E-state index contributed by atoms with van der Waals surface area (Å²) in [6.45, 7) is 7.00. The summed E-state index contributed by atoms with van der Waals surface area (Å²) in [5.74, 6) is 0.213. The minimum absolute atomic E-state index is 0.0878. The fourth-order valence-corrected chi connectivity index (χ4v) is 1.16. The molecule has 0 atom stereocenters. The van der Waals surface area contributed by atoms with Crippen molar-refractivity contribution in [3.63, 3.8) is 0 Å². The number of benzene rings is 1. The van der Waals surface area contributed by atoms with Crippen molar-refractivity contribution in [1.82, 2.24) is 0 Å². The van der Waals surface area contributed by atoms with Gasteiger partial charge in [-0.15, -0.1) is 0 Å². The lowest BCUT2D eigenvalue weighted by atomic mass is 9.92. The molecule has 0 heterocycles. The van der Waals surface area contributed by atoms with Crippen molar-refractivity contribution >= 4 is 5.97 Å². The van der Waals surface area contributed by atoms with Gasteiger partial charge in [-0.25, -0.2) is 9.78 Å². The number of hydrogen-bond acceptors (Lipinski definition) is 4. The lowest BCUT2D eigenvalue weighted by Gasteiger charge is -2.20. The third kappa shape index (κ3) is 6.94. The van der Waals surface area contributed by atoms with Crippen LogP contribution in [-0.2, 0) is 14.6 Å². The SMILES string of the molecule is CCC(C)(C)COOCCC(=O)Oc1ccccc1. The molecule has 1 aromatic carbocycles. The summed E-state index contributed by atoms with van der Waals surface area (Å²) in [5.41, 5.74) is 0.0878. The summed E-state index contributed by atoms with van der Waals surface area (Å²) in [4.78, 5) is 21.5. The molecule has 106 valence electrons. The maximum absolute atomic E-state index is 11.5. The highest BCUT2D eigenvalue weighted by Crippen LogP contribution is 2.19. The summed E-state index contributed by atoms with van der Waals surface area (Å²) < 4.78 is 5.11. The minimum Gasteiger partial charge on any atom is -0.426 e. The number of carbonyl (C=O) groups is 1. The van der Waals surface area contributed by atoms with Crippen LogP contribution in [0.2, 0.25) is 0 Å². The molecule has 0 spiro atoms. The zero-order valence-electron chi connectivity index (χ0n) is 11.8. The number of para-hydroxylation sites is 1. The van der Waals surface area contributed by atoms with Crippen molar-refractivity contribution in [3.8, 4) is 5.75 Å². The Morgan fingerprint density at radius 1 is 1.16 bits per heavy atom. The molecule has 0 fully saturated rings. The molecular weight excluding hydrogens is 244 g/mol. The first-order valence-corrected chi connectivity index (χ1v) is 6.53. The second-order valence-corrected chi connectivity index (χ2v) is 5.14. The first kappa shape index (κ1) is 15.7. The average molecular weight is 266 g/mol. The highest BCUT2D eigenvalue weighted by Gasteiger charge is 2.15. The summed E-state index contributed by atoms with van der Waals surface area (Å²) >= 11 is 0. The molecule has 1 aromatic rings. The third-order valence-corrected chi connectivity index (χ3v) is 2.85. The van der Waals surface area contributed by atoms with Crippen LogP contribution in [0.3, 0.4) is 0 Å². The first-order chi connectivity index (χ1) is 9.03. The van der Waals surface area contributed by atoms with Crippen LogP contribution in [0, 0.1) is 5.41 Å². The van der Waals surface area contributed by atoms with Crippen molar-refractivity contribution in [2.75, 3.05) is 13.2 Å². The highest BCUT2D eigenvalue weighted by molar-refractivity contribution is 5.72. The molecular formula is C15H22O4. The average Bonchev–Trinajstić information content (AvgIpc) is 2.39. The van der Waals surface area contributed by atoms with Gasteiger partial charge in [0.1, 0.15) is 5.75 Å². The Morgan fingerprint density at radius 2 is 1.84 bits per heavy atom. The number of esters is 1. The Labute approximate surface area is 114 Å². The lowest BCUT2D eigenvalue weighted by molar-refractivity contribution is -0.307. The largest absolute Gasteiger partial charge is 0.426 e. The van der Waals surface area contributed by atoms with Gasteiger partial charge in [-0.3, -0.25) is 4.79 Å². The van der Waals surface area contributed by atoms with Crippen molar-refractivity contribution in [1.29, 1.82) is 0 Å². The van der Waals surface area contributed by atoms with Crippen LogP contribution in [0.1, 0.15) is 33.6 Å². The van der Waals surface area contributed by atoms with E-state index in [9.17, 15) is 4.79 Å². The highest BCUT2D eigenvalue weighted by atomic mass is 17.2. The van der Waals surface area contributed by atoms with E-state index < -0.39 is 0 Å². The molecule has 0 saturated carbocycles. The van der Waals surface area contributed by atoms with E-state index in [0.717, 1.165) is 6.42 Å². The van der Waals surface area contributed by atoms with E-state index in [-0.39, 0.29) is 24.4 Å².